The molecule has 0 spiro atoms. The van der Waals surface area contributed by atoms with Crippen molar-refractivity contribution in [2.45, 2.75) is 12.3 Å². The van der Waals surface area contributed by atoms with Gasteiger partial charge in [-0.15, -0.1) is 0 Å². The standard InChI is InChI=1S/C11H11N5O4/c17-4-8-7(16-6-12-5-13-16)3-10(20-8)15-2-1-9(18)14-11(15)19/h1-3,5-6,8,10,17H,4H2,(H,14,18,19)/t8-,10-/m1/s1. The summed E-state index contributed by atoms with van der Waals surface area (Å²) in [5, 5.41) is 13.3. The summed E-state index contributed by atoms with van der Waals surface area (Å²) in [6.45, 7) is -0.264. The lowest BCUT2D eigenvalue weighted by molar-refractivity contribution is -0.00892. The zero-order valence-corrected chi connectivity index (χ0v) is 10.2. The highest BCUT2D eigenvalue weighted by atomic mass is 16.5. The molecule has 20 heavy (non-hydrogen) atoms. The topological polar surface area (TPSA) is 115 Å². The van der Waals surface area contributed by atoms with Gasteiger partial charge in [-0.2, -0.15) is 5.10 Å². The van der Waals surface area contributed by atoms with Crippen LogP contribution in [0.5, 0.6) is 0 Å². The minimum absolute atomic E-state index is 0.264. The van der Waals surface area contributed by atoms with Crippen LogP contribution in [0.2, 0.25) is 0 Å². The van der Waals surface area contributed by atoms with E-state index in [1.165, 1.54) is 34.2 Å². The van der Waals surface area contributed by atoms with Crippen molar-refractivity contribution in [3.63, 3.8) is 0 Å². The first-order valence-electron chi connectivity index (χ1n) is 5.83. The predicted octanol–water partition coefficient (Wildman–Crippen LogP) is -1.44. The number of aliphatic hydroxyl groups excluding tert-OH is 1. The zero-order valence-electron chi connectivity index (χ0n) is 10.2. The van der Waals surface area contributed by atoms with Crippen LogP contribution in [-0.4, -0.2) is 42.1 Å². The lowest BCUT2D eigenvalue weighted by atomic mass is 10.3. The second-order valence-electron chi connectivity index (χ2n) is 4.15. The van der Waals surface area contributed by atoms with Crippen LogP contribution in [0.3, 0.4) is 0 Å². The molecule has 0 saturated carbocycles. The molecule has 2 atom stereocenters. The summed E-state index contributed by atoms with van der Waals surface area (Å²) in [5.41, 5.74) is -0.494. The van der Waals surface area contributed by atoms with E-state index in [-0.39, 0.29) is 6.61 Å². The zero-order chi connectivity index (χ0) is 14.1. The van der Waals surface area contributed by atoms with Crippen LogP contribution in [-0.2, 0) is 4.74 Å². The molecule has 9 nitrogen and oxygen atoms in total. The number of rotatable bonds is 3. The van der Waals surface area contributed by atoms with Gasteiger partial charge in [0.2, 0.25) is 0 Å². The first-order valence-corrected chi connectivity index (χ1v) is 5.83. The van der Waals surface area contributed by atoms with Gasteiger partial charge in [-0.3, -0.25) is 14.3 Å². The van der Waals surface area contributed by atoms with Gasteiger partial charge in [-0.05, 0) is 6.08 Å². The van der Waals surface area contributed by atoms with Crippen molar-refractivity contribution in [3.8, 4) is 0 Å². The van der Waals surface area contributed by atoms with Crippen LogP contribution in [0.15, 0.2) is 40.6 Å². The van der Waals surface area contributed by atoms with Crippen molar-refractivity contribution >= 4 is 5.70 Å². The Morgan fingerprint density at radius 2 is 2.30 bits per heavy atom. The third kappa shape index (κ3) is 2.08. The average Bonchev–Trinajstić information content (AvgIpc) is 3.07. The van der Waals surface area contributed by atoms with Crippen molar-refractivity contribution in [2.75, 3.05) is 6.61 Å². The molecule has 104 valence electrons. The van der Waals surface area contributed by atoms with E-state index in [2.05, 4.69) is 15.1 Å². The first-order chi connectivity index (χ1) is 9.69. The third-order valence-electron chi connectivity index (χ3n) is 2.92. The maximum atomic E-state index is 11.7. The third-order valence-corrected chi connectivity index (χ3v) is 2.92. The van der Waals surface area contributed by atoms with Crippen LogP contribution >= 0.6 is 0 Å². The molecule has 0 radical (unpaired) electrons. The van der Waals surface area contributed by atoms with Crippen LogP contribution in [0.4, 0.5) is 0 Å². The van der Waals surface area contributed by atoms with E-state index in [0.717, 1.165) is 0 Å². The summed E-state index contributed by atoms with van der Waals surface area (Å²) in [5.74, 6) is 0. The second kappa shape index (κ2) is 4.87. The van der Waals surface area contributed by atoms with E-state index in [4.69, 9.17) is 4.74 Å². The molecule has 1 aliphatic heterocycles. The molecule has 0 bridgehead atoms. The molecule has 0 unspecified atom stereocenters. The number of aliphatic hydroxyl groups is 1. The maximum Gasteiger partial charge on any atom is 0.330 e. The number of nitrogens with zero attached hydrogens (tertiary/aromatic N) is 4. The minimum Gasteiger partial charge on any atom is -0.393 e. The van der Waals surface area contributed by atoms with Gasteiger partial charge in [0, 0.05) is 12.3 Å². The molecule has 3 rings (SSSR count). The van der Waals surface area contributed by atoms with E-state index < -0.39 is 23.6 Å². The Kier molecular flexibility index (Phi) is 3.05. The fraction of sp³-hybridized carbons (Fsp3) is 0.273. The van der Waals surface area contributed by atoms with E-state index in [0.29, 0.717) is 5.70 Å². The molecule has 9 heteroatoms. The summed E-state index contributed by atoms with van der Waals surface area (Å²) in [4.78, 5) is 28.7. The normalized spacial score (nSPS) is 21.9. The van der Waals surface area contributed by atoms with Crippen molar-refractivity contribution in [1.82, 2.24) is 24.3 Å². The Morgan fingerprint density at radius 1 is 1.45 bits per heavy atom. The quantitative estimate of drug-likeness (QED) is 0.710. The van der Waals surface area contributed by atoms with Crippen molar-refractivity contribution in [3.05, 3.63) is 51.8 Å². The SMILES string of the molecule is O=c1ccn([C@H]2C=C(n3cncn3)[C@@H](CO)O2)c(=O)[nH]1. The fourth-order valence-corrected chi connectivity index (χ4v) is 2.01. The molecule has 3 heterocycles. The first kappa shape index (κ1) is 12.5. The van der Waals surface area contributed by atoms with Crippen molar-refractivity contribution in [1.29, 1.82) is 0 Å². The summed E-state index contributed by atoms with van der Waals surface area (Å²) < 4.78 is 8.24. The van der Waals surface area contributed by atoms with E-state index in [1.54, 1.807) is 6.08 Å². The Labute approximate surface area is 111 Å². The summed E-state index contributed by atoms with van der Waals surface area (Å²) in [6, 6.07) is 1.22. The fourth-order valence-electron chi connectivity index (χ4n) is 2.01. The molecule has 0 saturated heterocycles. The lowest BCUT2D eigenvalue weighted by Crippen LogP contribution is -2.32. The maximum absolute atomic E-state index is 11.7. The average molecular weight is 277 g/mol. The number of H-pyrrole nitrogens is 1. The molecule has 0 fully saturated rings. The van der Waals surface area contributed by atoms with Gasteiger partial charge in [0.05, 0.1) is 12.3 Å². The number of ether oxygens (including phenoxy) is 1. The molecule has 0 aromatic carbocycles. The summed E-state index contributed by atoms with van der Waals surface area (Å²) in [6.07, 6.45) is 4.44. The largest absolute Gasteiger partial charge is 0.393 e. The minimum atomic E-state index is -0.726. The second-order valence-corrected chi connectivity index (χ2v) is 4.15. The number of hydrogen-bond donors (Lipinski definition) is 2. The number of aromatic nitrogens is 5. The molecule has 0 aliphatic carbocycles. The molecular formula is C11H11N5O4. The molecule has 1 aliphatic rings. The van der Waals surface area contributed by atoms with Crippen LogP contribution in [0.25, 0.3) is 5.70 Å². The molecule has 2 aromatic rings. The summed E-state index contributed by atoms with van der Waals surface area (Å²) in [7, 11) is 0. The van der Waals surface area contributed by atoms with Gasteiger partial charge in [0.25, 0.3) is 5.56 Å². The van der Waals surface area contributed by atoms with E-state index in [9.17, 15) is 14.7 Å². The number of nitrogens with one attached hydrogen (secondary N) is 1. The van der Waals surface area contributed by atoms with Crippen LogP contribution in [0, 0.1) is 0 Å². The van der Waals surface area contributed by atoms with Gasteiger partial charge >= 0.3 is 5.69 Å². The van der Waals surface area contributed by atoms with E-state index >= 15 is 0 Å². The van der Waals surface area contributed by atoms with Crippen molar-refractivity contribution < 1.29 is 9.84 Å². The van der Waals surface area contributed by atoms with Gasteiger partial charge < -0.3 is 9.84 Å². The monoisotopic (exact) mass is 277 g/mol. The summed E-state index contributed by atoms with van der Waals surface area (Å²) >= 11 is 0. The van der Waals surface area contributed by atoms with Crippen LogP contribution < -0.4 is 11.2 Å². The highest BCUT2D eigenvalue weighted by Crippen LogP contribution is 2.28. The smallest absolute Gasteiger partial charge is 0.330 e. The Bertz CT molecular complexity index is 745. The van der Waals surface area contributed by atoms with Gasteiger partial charge in [-0.1, -0.05) is 0 Å². The highest BCUT2D eigenvalue weighted by Gasteiger charge is 2.29. The number of aromatic amines is 1. The van der Waals surface area contributed by atoms with E-state index in [1.807, 2.05) is 0 Å². The van der Waals surface area contributed by atoms with Gasteiger partial charge in [0.1, 0.15) is 18.8 Å². The lowest BCUT2D eigenvalue weighted by Gasteiger charge is -2.15. The molecule has 2 aromatic heterocycles. The highest BCUT2D eigenvalue weighted by molar-refractivity contribution is 5.51. The Morgan fingerprint density at radius 3 is 2.95 bits per heavy atom. The van der Waals surface area contributed by atoms with Gasteiger partial charge in [-0.25, -0.2) is 14.5 Å². The Hall–Kier alpha value is -2.52. The Balaban J connectivity index is 2.00. The predicted molar refractivity (Wildman–Crippen MR) is 66.6 cm³/mol. The molecular weight excluding hydrogens is 266 g/mol. The van der Waals surface area contributed by atoms with Crippen molar-refractivity contribution in [2.24, 2.45) is 0 Å². The molecule has 2 N–H and O–H groups in total. The van der Waals surface area contributed by atoms with Crippen LogP contribution in [0.1, 0.15) is 6.23 Å². The van der Waals surface area contributed by atoms with Gasteiger partial charge in [0.15, 0.2) is 6.23 Å². The number of hydrogen-bond acceptors (Lipinski definition) is 6. The molecule has 0 amide bonds.